The highest BCUT2D eigenvalue weighted by molar-refractivity contribution is 14.0. The Bertz CT molecular complexity index is 588. The molecule has 0 unspecified atom stereocenters. The Morgan fingerprint density at radius 2 is 2.04 bits per heavy atom. The molecule has 0 atom stereocenters. The van der Waals surface area contributed by atoms with Crippen LogP contribution in [0, 0.1) is 5.92 Å². The van der Waals surface area contributed by atoms with Crippen molar-refractivity contribution in [2.45, 2.75) is 46.2 Å². The zero-order chi connectivity index (χ0) is 19.5. The normalized spacial score (nSPS) is 15.8. The molecule has 1 aromatic rings. The van der Waals surface area contributed by atoms with E-state index in [9.17, 15) is 4.79 Å². The van der Waals surface area contributed by atoms with Gasteiger partial charge in [0.15, 0.2) is 5.96 Å². The Kier molecular flexibility index (Phi) is 12.1. The van der Waals surface area contributed by atoms with Crippen LogP contribution in [0.15, 0.2) is 29.4 Å². The van der Waals surface area contributed by atoms with Crippen LogP contribution < -0.4 is 16.0 Å². The maximum Gasteiger partial charge on any atom is 0.222 e. The maximum absolute atomic E-state index is 11.6. The minimum Gasteiger partial charge on any atom is -0.357 e. The van der Waals surface area contributed by atoms with Crippen LogP contribution in [-0.2, 0) is 11.3 Å². The number of halogens is 1. The topological polar surface area (TPSA) is 81.6 Å². The van der Waals surface area contributed by atoms with Gasteiger partial charge in [-0.15, -0.1) is 24.0 Å². The summed E-state index contributed by atoms with van der Waals surface area (Å²) >= 11 is 0. The summed E-state index contributed by atoms with van der Waals surface area (Å²) in [5, 5.41) is 9.73. The lowest BCUT2D eigenvalue weighted by atomic mass is 10.0. The standard InChI is InChI=1S/C20H34N6O.HI/c1-4-21-20(24-12-11-23-19(27)16(2)3)25-17-8-13-26(14-9-17)15-18-7-5-6-10-22-18;/h5-7,10,16-17H,4,8-9,11-15H2,1-3H3,(H,23,27)(H2,21,24,25);1H. The number of amides is 1. The summed E-state index contributed by atoms with van der Waals surface area (Å²) in [5.41, 5.74) is 1.13. The molecule has 1 saturated heterocycles. The van der Waals surface area contributed by atoms with Gasteiger partial charge in [-0.2, -0.15) is 0 Å². The molecule has 1 aliphatic rings. The van der Waals surface area contributed by atoms with Crippen molar-refractivity contribution in [1.29, 1.82) is 0 Å². The largest absolute Gasteiger partial charge is 0.357 e. The number of pyridine rings is 1. The zero-order valence-corrected chi connectivity index (χ0v) is 19.6. The second-order valence-corrected chi connectivity index (χ2v) is 7.22. The quantitative estimate of drug-likeness (QED) is 0.219. The van der Waals surface area contributed by atoms with Crippen LogP contribution in [0.4, 0.5) is 0 Å². The molecule has 7 nitrogen and oxygen atoms in total. The molecule has 2 heterocycles. The second-order valence-electron chi connectivity index (χ2n) is 7.22. The lowest BCUT2D eigenvalue weighted by molar-refractivity contribution is -0.123. The average Bonchev–Trinajstić information content (AvgIpc) is 2.67. The van der Waals surface area contributed by atoms with Crippen LogP contribution in [0.1, 0.15) is 39.3 Å². The van der Waals surface area contributed by atoms with Gasteiger partial charge >= 0.3 is 0 Å². The summed E-state index contributed by atoms with van der Waals surface area (Å²) in [5.74, 6) is 0.916. The number of hydrogen-bond donors (Lipinski definition) is 3. The van der Waals surface area contributed by atoms with Gasteiger partial charge in [-0.1, -0.05) is 19.9 Å². The van der Waals surface area contributed by atoms with E-state index in [0.717, 1.165) is 50.7 Å². The monoisotopic (exact) mass is 502 g/mol. The number of hydrogen-bond acceptors (Lipinski definition) is 4. The van der Waals surface area contributed by atoms with E-state index in [1.54, 1.807) is 0 Å². The van der Waals surface area contributed by atoms with E-state index in [1.807, 2.05) is 32.2 Å². The number of carbonyl (C=O) groups is 1. The van der Waals surface area contributed by atoms with E-state index in [0.29, 0.717) is 19.1 Å². The third kappa shape index (κ3) is 9.18. The molecule has 0 radical (unpaired) electrons. The van der Waals surface area contributed by atoms with Crippen molar-refractivity contribution in [1.82, 2.24) is 25.8 Å². The first kappa shape index (κ1) is 24.6. The molecule has 158 valence electrons. The van der Waals surface area contributed by atoms with Gasteiger partial charge < -0.3 is 16.0 Å². The fraction of sp³-hybridized carbons (Fsp3) is 0.650. The second kappa shape index (κ2) is 13.7. The van der Waals surface area contributed by atoms with E-state index in [1.165, 1.54) is 0 Å². The van der Waals surface area contributed by atoms with Gasteiger partial charge in [0.25, 0.3) is 0 Å². The number of likely N-dealkylation sites (tertiary alicyclic amines) is 1. The van der Waals surface area contributed by atoms with Crippen LogP contribution in [0.3, 0.4) is 0 Å². The first-order valence-corrected chi connectivity index (χ1v) is 10.0. The molecule has 0 aromatic carbocycles. The number of aliphatic imine (C=N–C) groups is 1. The summed E-state index contributed by atoms with van der Waals surface area (Å²) < 4.78 is 0. The van der Waals surface area contributed by atoms with Crippen molar-refractivity contribution in [3.05, 3.63) is 30.1 Å². The number of aromatic nitrogens is 1. The molecule has 0 aliphatic carbocycles. The molecule has 2 rings (SSSR count). The molecule has 8 heteroatoms. The van der Waals surface area contributed by atoms with Crippen molar-refractivity contribution in [2.75, 3.05) is 32.7 Å². The van der Waals surface area contributed by atoms with E-state index < -0.39 is 0 Å². The summed E-state index contributed by atoms with van der Waals surface area (Å²) in [6, 6.07) is 6.50. The minimum atomic E-state index is 0. The number of piperidine rings is 1. The average molecular weight is 502 g/mol. The minimum absolute atomic E-state index is 0. The molecule has 1 fully saturated rings. The molecule has 1 amide bonds. The highest BCUT2D eigenvalue weighted by Gasteiger charge is 2.20. The third-order valence-corrected chi connectivity index (χ3v) is 4.59. The Balaban J connectivity index is 0.00000392. The summed E-state index contributed by atoms with van der Waals surface area (Å²) in [6.07, 6.45) is 4.02. The number of nitrogens with one attached hydrogen (secondary N) is 3. The van der Waals surface area contributed by atoms with E-state index in [4.69, 9.17) is 0 Å². The van der Waals surface area contributed by atoms with Crippen molar-refractivity contribution in [3.8, 4) is 0 Å². The summed E-state index contributed by atoms with van der Waals surface area (Å²) in [7, 11) is 0. The predicted octanol–water partition coefficient (Wildman–Crippen LogP) is 1.99. The van der Waals surface area contributed by atoms with E-state index in [-0.39, 0.29) is 35.8 Å². The molecule has 28 heavy (non-hydrogen) atoms. The highest BCUT2D eigenvalue weighted by Crippen LogP contribution is 2.12. The Labute approximate surface area is 186 Å². The van der Waals surface area contributed by atoms with Gasteiger partial charge in [0.2, 0.25) is 5.91 Å². The van der Waals surface area contributed by atoms with E-state index >= 15 is 0 Å². The molecule has 3 N–H and O–H groups in total. The SMILES string of the molecule is CCNC(=NCCNC(=O)C(C)C)NC1CCN(Cc2ccccn2)CC1.I. The van der Waals surface area contributed by atoms with Crippen molar-refractivity contribution in [2.24, 2.45) is 10.9 Å². The highest BCUT2D eigenvalue weighted by atomic mass is 127. The van der Waals surface area contributed by atoms with Crippen LogP contribution in [0.2, 0.25) is 0 Å². The molecule has 0 saturated carbocycles. The Hall–Kier alpha value is -1.42. The van der Waals surface area contributed by atoms with Crippen molar-refractivity contribution < 1.29 is 4.79 Å². The van der Waals surface area contributed by atoms with Gasteiger partial charge in [-0.25, -0.2) is 0 Å². The van der Waals surface area contributed by atoms with Crippen LogP contribution >= 0.6 is 24.0 Å². The molecular formula is C20H35IN6O. The molecular weight excluding hydrogens is 467 g/mol. The fourth-order valence-corrected chi connectivity index (χ4v) is 3.02. The van der Waals surface area contributed by atoms with Gasteiger partial charge in [0, 0.05) is 50.9 Å². The first-order chi connectivity index (χ1) is 13.1. The predicted molar refractivity (Wildman–Crippen MR) is 125 cm³/mol. The smallest absolute Gasteiger partial charge is 0.222 e. The summed E-state index contributed by atoms with van der Waals surface area (Å²) in [4.78, 5) is 23.0. The third-order valence-electron chi connectivity index (χ3n) is 4.59. The number of guanidine groups is 1. The number of rotatable bonds is 8. The van der Waals surface area contributed by atoms with Gasteiger partial charge in [0.1, 0.15) is 0 Å². The number of carbonyl (C=O) groups excluding carboxylic acids is 1. The zero-order valence-electron chi connectivity index (χ0n) is 17.3. The first-order valence-electron chi connectivity index (χ1n) is 10.0. The lowest BCUT2D eigenvalue weighted by Gasteiger charge is -2.32. The van der Waals surface area contributed by atoms with Gasteiger partial charge in [0.05, 0.1) is 12.2 Å². The fourth-order valence-electron chi connectivity index (χ4n) is 3.02. The van der Waals surface area contributed by atoms with Crippen LogP contribution in [-0.4, -0.2) is 60.5 Å². The lowest BCUT2D eigenvalue weighted by Crippen LogP contribution is -2.48. The van der Waals surface area contributed by atoms with E-state index in [2.05, 4.69) is 43.8 Å². The van der Waals surface area contributed by atoms with Gasteiger partial charge in [-0.05, 0) is 31.9 Å². The molecule has 0 spiro atoms. The number of nitrogens with zero attached hydrogens (tertiary/aromatic N) is 3. The van der Waals surface area contributed by atoms with Crippen LogP contribution in [0.25, 0.3) is 0 Å². The molecule has 1 aliphatic heterocycles. The van der Waals surface area contributed by atoms with Crippen LogP contribution in [0.5, 0.6) is 0 Å². The Morgan fingerprint density at radius 3 is 2.64 bits per heavy atom. The van der Waals surface area contributed by atoms with Gasteiger partial charge in [-0.3, -0.25) is 19.7 Å². The summed E-state index contributed by atoms with van der Waals surface area (Å²) in [6.45, 7) is 10.8. The molecule has 1 aromatic heterocycles. The Morgan fingerprint density at radius 1 is 1.29 bits per heavy atom. The molecule has 0 bridgehead atoms. The maximum atomic E-state index is 11.6. The van der Waals surface area contributed by atoms with Crippen molar-refractivity contribution >= 4 is 35.8 Å². The van der Waals surface area contributed by atoms with Crippen molar-refractivity contribution in [3.63, 3.8) is 0 Å².